The maximum absolute atomic E-state index is 12.4. The van der Waals surface area contributed by atoms with E-state index in [1.807, 2.05) is 54.6 Å². The summed E-state index contributed by atoms with van der Waals surface area (Å²) >= 11 is 0. The Hall–Kier alpha value is -3.08. The molecule has 2 aromatic carbocycles. The van der Waals surface area contributed by atoms with Gasteiger partial charge in [-0.1, -0.05) is 36.4 Å². The summed E-state index contributed by atoms with van der Waals surface area (Å²) in [5.74, 6) is 1.29. The first-order chi connectivity index (χ1) is 12.3. The lowest BCUT2D eigenvalue weighted by Crippen LogP contribution is -2.33. The molecule has 0 aliphatic carbocycles. The molecule has 0 saturated carbocycles. The van der Waals surface area contributed by atoms with Crippen LogP contribution in [0.5, 0.6) is 5.75 Å². The SMILES string of the molecule is O=C(Cc1coc(-c2ccccc2)n1)NC1CCOc2ccccc21. The van der Waals surface area contributed by atoms with Crippen LogP contribution < -0.4 is 10.1 Å². The van der Waals surface area contributed by atoms with Gasteiger partial charge < -0.3 is 14.5 Å². The van der Waals surface area contributed by atoms with Crippen molar-refractivity contribution in [3.8, 4) is 17.2 Å². The summed E-state index contributed by atoms with van der Waals surface area (Å²) in [6.45, 7) is 0.601. The third kappa shape index (κ3) is 3.40. The molecular weight excluding hydrogens is 316 g/mol. The van der Waals surface area contributed by atoms with Gasteiger partial charge in [-0.2, -0.15) is 0 Å². The summed E-state index contributed by atoms with van der Waals surface area (Å²) in [6.07, 6.45) is 2.49. The number of para-hydroxylation sites is 1. The van der Waals surface area contributed by atoms with E-state index in [0.717, 1.165) is 23.3 Å². The molecule has 0 bridgehead atoms. The smallest absolute Gasteiger partial charge is 0.226 e. The maximum atomic E-state index is 12.4. The van der Waals surface area contributed by atoms with E-state index in [9.17, 15) is 4.79 Å². The molecule has 25 heavy (non-hydrogen) atoms. The molecule has 5 nitrogen and oxygen atoms in total. The Morgan fingerprint density at radius 1 is 1.12 bits per heavy atom. The summed E-state index contributed by atoms with van der Waals surface area (Å²) in [4.78, 5) is 16.8. The number of hydrogen-bond donors (Lipinski definition) is 1. The number of oxazole rings is 1. The fraction of sp³-hybridized carbons (Fsp3) is 0.200. The van der Waals surface area contributed by atoms with Gasteiger partial charge in [-0.25, -0.2) is 4.98 Å². The molecule has 1 aliphatic rings. The number of ether oxygens (including phenoxy) is 1. The Morgan fingerprint density at radius 2 is 1.92 bits per heavy atom. The van der Waals surface area contributed by atoms with Gasteiger partial charge in [0.1, 0.15) is 12.0 Å². The monoisotopic (exact) mass is 334 g/mol. The number of rotatable bonds is 4. The van der Waals surface area contributed by atoms with Crippen LogP contribution in [0.25, 0.3) is 11.5 Å². The topological polar surface area (TPSA) is 64.4 Å². The van der Waals surface area contributed by atoms with Gasteiger partial charge in [0, 0.05) is 17.5 Å². The molecule has 1 atom stereocenters. The molecule has 4 rings (SSSR count). The highest BCUT2D eigenvalue weighted by Crippen LogP contribution is 2.31. The van der Waals surface area contributed by atoms with Crippen molar-refractivity contribution < 1.29 is 13.9 Å². The molecule has 126 valence electrons. The van der Waals surface area contributed by atoms with Crippen LogP contribution in [-0.2, 0) is 11.2 Å². The van der Waals surface area contributed by atoms with Crippen LogP contribution in [0, 0.1) is 0 Å². The van der Waals surface area contributed by atoms with Crippen molar-refractivity contribution in [1.82, 2.24) is 10.3 Å². The Balaban J connectivity index is 1.43. The average Bonchev–Trinajstić information content (AvgIpc) is 3.11. The molecule has 0 saturated heterocycles. The standard InChI is InChI=1S/C20H18N2O3/c23-19(22-17-10-11-24-18-9-5-4-8-16(17)18)12-15-13-25-20(21-15)14-6-2-1-3-7-14/h1-9,13,17H,10-12H2,(H,22,23). The van der Waals surface area contributed by atoms with Crippen LogP contribution in [0.3, 0.4) is 0 Å². The first-order valence-corrected chi connectivity index (χ1v) is 8.30. The average molecular weight is 334 g/mol. The zero-order valence-corrected chi connectivity index (χ0v) is 13.6. The number of aromatic nitrogens is 1. The van der Waals surface area contributed by atoms with Crippen LogP contribution in [-0.4, -0.2) is 17.5 Å². The zero-order valence-electron chi connectivity index (χ0n) is 13.6. The quantitative estimate of drug-likeness (QED) is 0.793. The molecule has 1 aromatic heterocycles. The molecule has 0 fully saturated rings. The van der Waals surface area contributed by atoms with Gasteiger partial charge >= 0.3 is 0 Å². The molecule has 1 N–H and O–H groups in total. The second-order valence-electron chi connectivity index (χ2n) is 5.98. The molecule has 1 unspecified atom stereocenters. The van der Waals surface area contributed by atoms with Gasteiger partial charge in [0.2, 0.25) is 11.8 Å². The van der Waals surface area contributed by atoms with Gasteiger partial charge in [-0.3, -0.25) is 4.79 Å². The molecule has 3 aromatic rings. The van der Waals surface area contributed by atoms with E-state index >= 15 is 0 Å². The summed E-state index contributed by atoms with van der Waals surface area (Å²) in [5, 5.41) is 3.07. The van der Waals surface area contributed by atoms with Crippen LogP contribution in [0.4, 0.5) is 0 Å². The lowest BCUT2D eigenvalue weighted by Gasteiger charge is -2.26. The Kier molecular flexibility index (Phi) is 4.21. The van der Waals surface area contributed by atoms with E-state index in [4.69, 9.17) is 9.15 Å². The second-order valence-corrected chi connectivity index (χ2v) is 5.98. The first-order valence-electron chi connectivity index (χ1n) is 8.30. The van der Waals surface area contributed by atoms with Crippen molar-refractivity contribution in [3.63, 3.8) is 0 Å². The lowest BCUT2D eigenvalue weighted by molar-refractivity contribution is -0.121. The minimum atomic E-state index is -0.0744. The number of fused-ring (bicyclic) bond motifs is 1. The second kappa shape index (κ2) is 6.81. The van der Waals surface area contributed by atoms with Gasteiger partial charge in [-0.15, -0.1) is 0 Å². The summed E-state index contributed by atoms with van der Waals surface area (Å²) in [5.41, 5.74) is 2.54. The highest BCUT2D eigenvalue weighted by atomic mass is 16.5. The molecule has 5 heteroatoms. The molecule has 1 amide bonds. The van der Waals surface area contributed by atoms with E-state index in [1.165, 1.54) is 0 Å². The number of hydrogen-bond acceptors (Lipinski definition) is 4. The molecule has 0 radical (unpaired) electrons. The summed E-state index contributed by atoms with van der Waals surface area (Å²) in [7, 11) is 0. The predicted molar refractivity (Wildman–Crippen MR) is 93.1 cm³/mol. The first kappa shape index (κ1) is 15.4. The predicted octanol–water partition coefficient (Wildman–Crippen LogP) is 3.52. The van der Waals surface area contributed by atoms with E-state index in [1.54, 1.807) is 6.26 Å². The minimum absolute atomic E-state index is 0.0297. The van der Waals surface area contributed by atoms with Crippen LogP contribution in [0.15, 0.2) is 65.3 Å². The number of carbonyl (C=O) groups is 1. The van der Waals surface area contributed by atoms with Crippen molar-refractivity contribution in [2.75, 3.05) is 6.61 Å². The molecular formula is C20H18N2O3. The normalized spacial score (nSPS) is 15.9. The third-order valence-corrected chi connectivity index (χ3v) is 4.21. The molecule has 1 aliphatic heterocycles. The largest absolute Gasteiger partial charge is 0.493 e. The molecule has 2 heterocycles. The van der Waals surface area contributed by atoms with E-state index < -0.39 is 0 Å². The van der Waals surface area contributed by atoms with Gasteiger partial charge in [0.25, 0.3) is 0 Å². The Labute approximate surface area is 145 Å². The van der Waals surface area contributed by atoms with Crippen molar-refractivity contribution in [2.45, 2.75) is 18.9 Å². The van der Waals surface area contributed by atoms with Crippen molar-refractivity contribution in [1.29, 1.82) is 0 Å². The highest BCUT2D eigenvalue weighted by Gasteiger charge is 2.23. The Bertz CT molecular complexity index is 873. The minimum Gasteiger partial charge on any atom is -0.493 e. The number of nitrogens with one attached hydrogen (secondary N) is 1. The number of carbonyl (C=O) groups excluding carboxylic acids is 1. The van der Waals surface area contributed by atoms with Crippen LogP contribution in [0.1, 0.15) is 23.7 Å². The number of amides is 1. The summed E-state index contributed by atoms with van der Waals surface area (Å²) in [6, 6.07) is 17.4. The van der Waals surface area contributed by atoms with Crippen molar-refractivity contribution in [3.05, 3.63) is 72.1 Å². The van der Waals surface area contributed by atoms with Gasteiger partial charge in [0.05, 0.1) is 24.8 Å². The maximum Gasteiger partial charge on any atom is 0.226 e. The van der Waals surface area contributed by atoms with E-state index in [-0.39, 0.29) is 18.4 Å². The zero-order chi connectivity index (χ0) is 17.1. The van der Waals surface area contributed by atoms with Crippen LogP contribution >= 0.6 is 0 Å². The fourth-order valence-electron chi connectivity index (χ4n) is 3.00. The molecule has 0 spiro atoms. The van der Waals surface area contributed by atoms with E-state index in [2.05, 4.69) is 10.3 Å². The van der Waals surface area contributed by atoms with E-state index in [0.29, 0.717) is 18.2 Å². The third-order valence-electron chi connectivity index (χ3n) is 4.21. The van der Waals surface area contributed by atoms with Crippen molar-refractivity contribution >= 4 is 5.91 Å². The van der Waals surface area contributed by atoms with Gasteiger partial charge in [0.15, 0.2) is 0 Å². The lowest BCUT2D eigenvalue weighted by atomic mass is 10.0. The summed E-state index contributed by atoms with van der Waals surface area (Å²) < 4.78 is 11.1. The van der Waals surface area contributed by atoms with Gasteiger partial charge in [-0.05, 0) is 18.2 Å². The van der Waals surface area contributed by atoms with Crippen molar-refractivity contribution in [2.24, 2.45) is 0 Å². The highest BCUT2D eigenvalue weighted by molar-refractivity contribution is 5.78. The number of nitrogens with zero attached hydrogens (tertiary/aromatic N) is 1. The Morgan fingerprint density at radius 3 is 2.80 bits per heavy atom. The number of benzene rings is 2. The van der Waals surface area contributed by atoms with Crippen LogP contribution in [0.2, 0.25) is 0 Å². The fourth-order valence-corrected chi connectivity index (χ4v) is 3.00.